The lowest BCUT2D eigenvalue weighted by molar-refractivity contribution is -0.160. The normalized spacial score (nSPS) is 25.3. The van der Waals surface area contributed by atoms with Gasteiger partial charge in [-0.15, -0.1) is 0 Å². The molecule has 156 valence electrons. The van der Waals surface area contributed by atoms with Crippen LogP contribution in [-0.2, 0) is 26.2 Å². The molecule has 3 heterocycles. The van der Waals surface area contributed by atoms with Crippen molar-refractivity contribution in [3.8, 4) is 0 Å². The molecule has 2 fully saturated rings. The Balaban J connectivity index is 1.61. The molecule has 0 amide bonds. The van der Waals surface area contributed by atoms with Gasteiger partial charge in [-0.25, -0.2) is 9.78 Å². The summed E-state index contributed by atoms with van der Waals surface area (Å²) in [6.07, 6.45) is 0.762. The van der Waals surface area contributed by atoms with E-state index in [1.807, 2.05) is 18.2 Å². The van der Waals surface area contributed by atoms with Gasteiger partial charge in [-0.1, -0.05) is 44.2 Å². The van der Waals surface area contributed by atoms with Crippen LogP contribution in [0.4, 0.5) is 5.88 Å². The van der Waals surface area contributed by atoms with Crippen LogP contribution in [0.2, 0.25) is 0 Å². The van der Waals surface area contributed by atoms with E-state index >= 15 is 0 Å². The Morgan fingerprint density at radius 3 is 2.66 bits per heavy atom. The number of nitrogens with one attached hydrogen (secondary N) is 1. The highest BCUT2D eigenvalue weighted by Crippen LogP contribution is 2.35. The molecule has 0 radical (unpaired) electrons. The predicted octanol–water partition coefficient (Wildman–Crippen LogP) is 2.61. The third-order valence-corrected chi connectivity index (χ3v) is 5.55. The zero-order valence-electron chi connectivity index (χ0n) is 17.3. The summed E-state index contributed by atoms with van der Waals surface area (Å²) in [5.74, 6) is 0.922. The van der Waals surface area contributed by atoms with Gasteiger partial charge in [0.05, 0.1) is 13.2 Å². The zero-order chi connectivity index (χ0) is 20.4. The first-order chi connectivity index (χ1) is 14.0. The molecule has 7 heteroatoms. The molecule has 0 saturated carbocycles. The number of aromatic nitrogens is 1. The van der Waals surface area contributed by atoms with Crippen molar-refractivity contribution in [1.82, 2.24) is 10.3 Å². The number of nitrogens with zero attached hydrogens (tertiary/aromatic N) is 2. The molecular weight excluding hydrogens is 370 g/mol. The van der Waals surface area contributed by atoms with E-state index in [9.17, 15) is 4.79 Å². The summed E-state index contributed by atoms with van der Waals surface area (Å²) in [6, 6.07) is 10.2. The van der Waals surface area contributed by atoms with Gasteiger partial charge in [0.25, 0.3) is 0 Å². The highest BCUT2D eigenvalue weighted by atomic mass is 16.5. The van der Waals surface area contributed by atoms with Crippen molar-refractivity contribution in [2.75, 3.05) is 37.8 Å². The summed E-state index contributed by atoms with van der Waals surface area (Å²) < 4.78 is 17.2. The number of carbonyl (C=O) groups is 1. The van der Waals surface area contributed by atoms with Crippen LogP contribution in [0.5, 0.6) is 0 Å². The minimum Gasteiger partial charge on any atom is -0.462 e. The lowest BCUT2D eigenvalue weighted by Crippen LogP contribution is -2.59. The van der Waals surface area contributed by atoms with Gasteiger partial charge in [-0.3, -0.25) is 5.32 Å². The fourth-order valence-electron chi connectivity index (χ4n) is 3.89. The second-order valence-electron chi connectivity index (χ2n) is 8.22. The molecular formula is C22H29N3O4. The topological polar surface area (TPSA) is 76.8 Å². The van der Waals surface area contributed by atoms with Gasteiger partial charge >= 0.3 is 5.97 Å². The maximum absolute atomic E-state index is 12.8. The van der Waals surface area contributed by atoms with Crippen molar-refractivity contribution in [2.45, 2.75) is 44.7 Å². The van der Waals surface area contributed by atoms with E-state index in [4.69, 9.17) is 18.9 Å². The monoisotopic (exact) mass is 399 g/mol. The molecule has 1 N–H and O–H groups in total. The number of ether oxygens (including phenoxy) is 2. The lowest BCUT2D eigenvalue weighted by atomic mass is 9.96. The van der Waals surface area contributed by atoms with Crippen molar-refractivity contribution in [2.24, 2.45) is 0 Å². The lowest BCUT2D eigenvalue weighted by Gasteiger charge is -2.35. The van der Waals surface area contributed by atoms with Gasteiger partial charge in [0, 0.05) is 25.0 Å². The molecule has 4 rings (SSSR count). The van der Waals surface area contributed by atoms with Crippen molar-refractivity contribution in [3.63, 3.8) is 0 Å². The fourth-order valence-corrected chi connectivity index (χ4v) is 3.89. The van der Waals surface area contributed by atoms with Crippen LogP contribution in [0, 0.1) is 0 Å². The number of benzene rings is 1. The third kappa shape index (κ3) is 4.02. The molecule has 7 nitrogen and oxygen atoms in total. The number of carbonyl (C=O) groups excluding carboxylic acids is 1. The van der Waals surface area contributed by atoms with Gasteiger partial charge in [0.15, 0.2) is 5.54 Å². The largest absolute Gasteiger partial charge is 0.462 e. The second-order valence-corrected chi connectivity index (χ2v) is 8.22. The summed E-state index contributed by atoms with van der Waals surface area (Å²) in [7, 11) is 0. The van der Waals surface area contributed by atoms with Crippen molar-refractivity contribution in [3.05, 3.63) is 47.5 Å². The van der Waals surface area contributed by atoms with E-state index in [0.29, 0.717) is 25.7 Å². The Hall–Kier alpha value is -2.38. The minimum atomic E-state index is -1.12. The first-order valence-corrected chi connectivity index (χ1v) is 10.3. The number of oxazole rings is 1. The van der Waals surface area contributed by atoms with E-state index in [2.05, 4.69) is 36.2 Å². The van der Waals surface area contributed by atoms with E-state index in [1.165, 1.54) is 5.56 Å². The van der Waals surface area contributed by atoms with Crippen LogP contribution in [-0.4, -0.2) is 49.9 Å². The predicted molar refractivity (Wildman–Crippen MR) is 109 cm³/mol. The number of rotatable bonds is 5. The number of esters is 1. The van der Waals surface area contributed by atoms with Crippen LogP contribution >= 0.6 is 0 Å². The number of morpholine rings is 2. The number of hydrogen-bond donors (Lipinski definition) is 1. The smallest absolute Gasteiger partial charge is 0.335 e. The third-order valence-electron chi connectivity index (χ3n) is 5.55. The van der Waals surface area contributed by atoms with Gasteiger partial charge < -0.3 is 18.8 Å². The van der Waals surface area contributed by atoms with Gasteiger partial charge in [0.1, 0.15) is 12.3 Å². The van der Waals surface area contributed by atoms with Crippen LogP contribution < -0.4 is 10.2 Å². The van der Waals surface area contributed by atoms with Crippen molar-refractivity contribution < 1.29 is 18.7 Å². The first-order valence-electron chi connectivity index (χ1n) is 10.3. The SMILES string of the molecule is CC(C)c1nc([C@]2(C)N[C@@H](Cc3ccccc3)COC2=O)oc1N1CCOCC1. The van der Waals surface area contributed by atoms with E-state index in [0.717, 1.165) is 31.1 Å². The average Bonchev–Trinajstić information content (AvgIpc) is 3.19. The van der Waals surface area contributed by atoms with Gasteiger partial charge in [0.2, 0.25) is 11.8 Å². The highest BCUT2D eigenvalue weighted by Gasteiger charge is 2.47. The molecule has 0 spiro atoms. The highest BCUT2D eigenvalue weighted by molar-refractivity contribution is 5.81. The van der Waals surface area contributed by atoms with Crippen LogP contribution in [0.1, 0.15) is 43.8 Å². The summed E-state index contributed by atoms with van der Waals surface area (Å²) in [6.45, 7) is 9.11. The Bertz CT molecular complexity index is 845. The molecule has 29 heavy (non-hydrogen) atoms. The van der Waals surface area contributed by atoms with E-state index in [1.54, 1.807) is 6.92 Å². The summed E-state index contributed by atoms with van der Waals surface area (Å²) in [5.41, 5.74) is 0.934. The van der Waals surface area contributed by atoms with E-state index < -0.39 is 5.54 Å². The Kier molecular flexibility index (Phi) is 5.61. The summed E-state index contributed by atoms with van der Waals surface area (Å²) >= 11 is 0. The molecule has 2 atom stereocenters. The number of cyclic esters (lactones) is 1. The van der Waals surface area contributed by atoms with Crippen LogP contribution in [0.15, 0.2) is 34.7 Å². The van der Waals surface area contributed by atoms with E-state index in [-0.39, 0.29) is 17.9 Å². The molecule has 2 aliphatic rings. The molecule has 0 bridgehead atoms. The Morgan fingerprint density at radius 1 is 1.24 bits per heavy atom. The number of hydrogen-bond acceptors (Lipinski definition) is 7. The molecule has 2 saturated heterocycles. The molecule has 0 unspecified atom stereocenters. The summed E-state index contributed by atoms with van der Waals surface area (Å²) in [5, 5.41) is 3.45. The summed E-state index contributed by atoms with van der Waals surface area (Å²) in [4.78, 5) is 19.7. The van der Waals surface area contributed by atoms with Gasteiger partial charge in [-0.2, -0.15) is 0 Å². The second kappa shape index (κ2) is 8.16. The van der Waals surface area contributed by atoms with Crippen molar-refractivity contribution in [1.29, 1.82) is 0 Å². The van der Waals surface area contributed by atoms with Crippen LogP contribution in [0.25, 0.3) is 0 Å². The van der Waals surface area contributed by atoms with Gasteiger partial charge in [-0.05, 0) is 18.9 Å². The molecule has 1 aromatic heterocycles. The zero-order valence-corrected chi connectivity index (χ0v) is 17.3. The number of anilines is 1. The minimum absolute atomic E-state index is 0.0127. The van der Waals surface area contributed by atoms with Crippen molar-refractivity contribution >= 4 is 11.9 Å². The molecule has 2 aliphatic heterocycles. The standard InChI is InChI=1S/C22H29N3O4/c1-15(2)18-19(25-9-11-27-12-10-25)29-20(23-18)22(3)21(26)28-14-17(24-22)13-16-7-5-4-6-8-16/h4-8,15,17,24H,9-14H2,1-3H3/t17-,22-/m0/s1. The Morgan fingerprint density at radius 2 is 1.97 bits per heavy atom. The molecule has 2 aromatic rings. The first kappa shape index (κ1) is 19.9. The molecule has 0 aliphatic carbocycles. The fraction of sp³-hybridized carbons (Fsp3) is 0.545. The van der Waals surface area contributed by atoms with Crippen LogP contribution in [0.3, 0.4) is 0 Å². The quantitative estimate of drug-likeness (QED) is 0.775. The maximum Gasteiger partial charge on any atom is 0.335 e. The maximum atomic E-state index is 12.8. The average molecular weight is 399 g/mol. The Labute approximate surface area is 171 Å². The molecule has 1 aromatic carbocycles.